The van der Waals surface area contributed by atoms with Crippen LogP contribution < -0.4 is 0 Å². The molecule has 4 N–H and O–H groups in total. The van der Waals surface area contributed by atoms with Crippen molar-refractivity contribution in [1.29, 1.82) is 0 Å². The summed E-state index contributed by atoms with van der Waals surface area (Å²) in [5.74, 6) is -4.41. The number of hydrogen-bond donors (Lipinski definition) is 4. The van der Waals surface area contributed by atoms with Gasteiger partial charge in [-0.15, -0.1) is 0 Å². The van der Waals surface area contributed by atoms with Crippen LogP contribution in [-0.2, 0) is 19.2 Å². The third-order valence-corrected chi connectivity index (χ3v) is 6.24. The number of likely N-dealkylation sites (N-methyl/N-ethyl adjacent to an activating group) is 1. The third kappa shape index (κ3) is 9.65. The largest absolute Gasteiger partial charge is 0.480 e. The van der Waals surface area contributed by atoms with E-state index in [-0.39, 0.29) is 25.2 Å². The Bertz CT molecular complexity index is 662. The molecule has 0 aliphatic heterocycles. The summed E-state index contributed by atoms with van der Waals surface area (Å²) in [6, 6.07) is -0.803. The molecule has 11 heteroatoms. The molecule has 0 saturated heterocycles. The molecule has 0 bridgehead atoms. The van der Waals surface area contributed by atoms with Gasteiger partial charge in [-0.25, -0.2) is 0 Å². The standard InChI is InChI=1S/C22H39N3O8/c1-5-23(10-17(22(2,3)4)25(13-20(30)31)14-21(32)33)15-8-6-7-9-16(15)24(11-18(26)27)12-19(28)29/h15-17H,5-14H2,1-4H3,(H,26,27)(H,28,29)(H,30,31)(H,32,33)/t15-,16+,17-/m0/s1. The summed E-state index contributed by atoms with van der Waals surface area (Å²) in [6.07, 6.45) is 3.19. The van der Waals surface area contributed by atoms with Gasteiger partial charge in [0.15, 0.2) is 0 Å². The highest BCUT2D eigenvalue weighted by atomic mass is 16.4. The number of hydrogen-bond acceptors (Lipinski definition) is 7. The zero-order valence-electron chi connectivity index (χ0n) is 20.1. The van der Waals surface area contributed by atoms with Crippen molar-refractivity contribution in [2.24, 2.45) is 5.41 Å². The Labute approximate surface area is 194 Å². The second-order valence-electron chi connectivity index (χ2n) is 9.77. The summed E-state index contributed by atoms with van der Waals surface area (Å²) in [6.45, 7) is 7.13. The number of carboxylic acid groups (broad SMARTS) is 4. The van der Waals surface area contributed by atoms with Gasteiger partial charge in [0, 0.05) is 24.7 Å². The van der Waals surface area contributed by atoms with E-state index < -0.39 is 48.4 Å². The van der Waals surface area contributed by atoms with Crippen molar-refractivity contribution in [1.82, 2.24) is 14.7 Å². The quantitative estimate of drug-likeness (QED) is 0.285. The first-order valence-electron chi connectivity index (χ1n) is 11.4. The minimum atomic E-state index is -1.11. The van der Waals surface area contributed by atoms with Gasteiger partial charge in [-0.1, -0.05) is 40.5 Å². The van der Waals surface area contributed by atoms with Gasteiger partial charge in [-0.2, -0.15) is 0 Å². The number of carbonyl (C=O) groups is 4. The molecule has 1 rings (SSSR count). The van der Waals surface area contributed by atoms with Gasteiger partial charge >= 0.3 is 23.9 Å². The topological polar surface area (TPSA) is 159 Å². The number of aliphatic carboxylic acids is 4. The van der Waals surface area contributed by atoms with Crippen molar-refractivity contribution in [3.63, 3.8) is 0 Å². The van der Waals surface area contributed by atoms with E-state index in [9.17, 15) is 39.6 Å². The summed E-state index contributed by atoms with van der Waals surface area (Å²) in [5.41, 5.74) is -0.440. The fourth-order valence-corrected chi connectivity index (χ4v) is 4.86. The zero-order valence-corrected chi connectivity index (χ0v) is 20.1. The van der Waals surface area contributed by atoms with Crippen molar-refractivity contribution in [3.05, 3.63) is 0 Å². The first-order chi connectivity index (χ1) is 15.3. The van der Waals surface area contributed by atoms with Crippen LogP contribution >= 0.6 is 0 Å². The lowest BCUT2D eigenvalue weighted by Gasteiger charge is -2.48. The maximum Gasteiger partial charge on any atom is 0.317 e. The summed E-state index contributed by atoms with van der Waals surface area (Å²) in [7, 11) is 0. The predicted molar refractivity (Wildman–Crippen MR) is 120 cm³/mol. The highest BCUT2D eigenvalue weighted by Crippen LogP contribution is 2.31. The molecule has 33 heavy (non-hydrogen) atoms. The lowest BCUT2D eigenvalue weighted by atomic mass is 9.83. The Kier molecular flexibility index (Phi) is 11.2. The first-order valence-corrected chi connectivity index (χ1v) is 11.4. The van der Waals surface area contributed by atoms with Crippen LogP contribution in [0, 0.1) is 5.41 Å². The van der Waals surface area contributed by atoms with Crippen molar-refractivity contribution < 1.29 is 39.6 Å². The van der Waals surface area contributed by atoms with Gasteiger partial charge in [0.05, 0.1) is 26.2 Å². The summed E-state index contributed by atoms with van der Waals surface area (Å²) < 4.78 is 0. The molecule has 1 aliphatic rings. The second kappa shape index (κ2) is 12.9. The van der Waals surface area contributed by atoms with Gasteiger partial charge in [-0.05, 0) is 24.8 Å². The Balaban J connectivity index is 3.27. The van der Waals surface area contributed by atoms with E-state index in [1.807, 2.05) is 27.7 Å². The predicted octanol–water partition coefficient (Wildman–Crippen LogP) is 0.977. The average Bonchev–Trinajstić information content (AvgIpc) is 2.65. The summed E-state index contributed by atoms with van der Waals surface area (Å²) in [5, 5.41) is 37.4. The highest BCUT2D eigenvalue weighted by molar-refractivity contribution is 5.73. The average molecular weight is 474 g/mol. The lowest BCUT2D eigenvalue weighted by molar-refractivity contribution is -0.145. The SMILES string of the molecule is CCN(C[C@H](N(CC(=O)O)CC(=O)O)C(C)(C)C)[C@H]1CCCC[C@H]1N(CC(=O)O)CC(=O)O. The van der Waals surface area contributed by atoms with Gasteiger partial charge in [0.25, 0.3) is 0 Å². The van der Waals surface area contributed by atoms with E-state index in [2.05, 4.69) is 4.90 Å². The lowest BCUT2D eigenvalue weighted by Crippen LogP contribution is -2.60. The number of nitrogens with zero attached hydrogens (tertiary/aromatic N) is 3. The molecule has 1 fully saturated rings. The monoisotopic (exact) mass is 473 g/mol. The molecule has 0 radical (unpaired) electrons. The molecule has 0 spiro atoms. The van der Waals surface area contributed by atoms with Crippen molar-refractivity contribution >= 4 is 23.9 Å². The van der Waals surface area contributed by atoms with Crippen LogP contribution in [0.2, 0.25) is 0 Å². The summed E-state index contributed by atoms with van der Waals surface area (Å²) >= 11 is 0. The Morgan fingerprint density at radius 1 is 0.758 bits per heavy atom. The number of carboxylic acids is 4. The minimum absolute atomic E-state index is 0.121. The van der Waals surface area contributed by atoms with E-state index in [1.165, 1.54) is 9.80 Å². The molecule has 11 nitrogen and oxygen atoms in total. The van der Waals surface area contributed by atoms with E-state index in [0.29, 0.717) is 19.5 Å². The molecule has 0 aromatic carbocycles. The molecule has 0 amide bonds. The molecule has 0 aromatic rings. The smallest absolute Gasteiger partial charge is 0.317 e. The van der Waals surface area contributed by atoms with E-state index in [1.54, 1.807) is 0 Å². The fourth-order valence-electron chi connectivity index (χ4n) is 4.86. The van der Waals surface area contributed by atoms with E-state index >= 15 is 0 Å². The summed E-state index contributed by atoms with van der Waals surface area (Å²) in [4.78, 5) is 50.8. The van der Waals surface area contributed by atoms with Crippen molar-refractivity contribution in [2.45, 2.75) is 71.5 Å². The Hall–Kier alpha value is -2.24. The second-order valence-corrected chi connectivity index (χ2v) is 9.77. The molecule has 0 aromatic heterocycles. The van der Waals surface area contributed by atoms with Gasteiger partial charge in [0.2, 0.25) is 0 Å². The zero-order chi connectivity index (χ0) is 25.3. The maximum absolute atomic E-state index is 11.5. The Morgan fingerprint density at radius 3 is 1.48 bits per heavy atom. The molecule has 0 unspecified atom stereocenters. The van der Waals surface area contributed by atoms with Crippen LogP contribution in [-0.4, -0.2) is 116 Å². The van der Waals surface area contributed by atoms with Crippen molar-refractivity contribution in [3.8, 4) is 0 Å². The Morgan fingerprint density at radius 2 is 1.15 bits per heavy atom. The first kappa shape index (κ1) is 28.8. The normalized spacial score (nSPS) is 20.2. The number of rotatable bonds is 14. The molecular weight excluding hydrogens is 434 g/mol. The third-order valence-electron chi connectivity index (χ3n) is 6.24. The van der Waals surface area contributed by atoms with Crippen molar-refractivity contribution in [2.75, 3.05) is 39.3 Å². The molecular formula is C22H39N3O8. The van der Waals surface area contributed by atoms with Gasteiger partial charge < -0.3 is 20.4 Å². The highest BCUT2D eigenvalue weighted by Gasteiger charge is 2.39. The van der Waals surface area contributed by atoms with Crippen LogP contribution in [0.4, 0.5) is 0 Å². The van der Waals surface area contributed by atoms with Crippen LogP contribution in [0.15, 0.2) is 0 Å². The molecule has 190 valence electrons. The van der Waals surface area contributed by atoms with Crippen LogP contribution in [0.5, 0.6) is 0 Å². The van der Waals surface area contributed by atoms with E-state index in [4.69, 9.17) is 0 Å². The molecule has 3 atom stereocenters. The van der Waals surface area contributed by atoms with Gasteiger partial charge in [-0.3, -0.25) is 33.9 Å². The van der Waals surface area contributed by atoms with Crippen LogP contribution in [0.1, 0.15) is 53.4 Å². The maximum atomic E-state index is 11.5. The molecule has 1 saturated carbocycles. The van der Waals surface area contributed by atoms with Crippen LogP contribution in [0.3, 0.4) is 0 Å². The fraction of sp³-hybridized carbons (Fsp3) is 0.818. The van der Waals surface area contributed by atoms with Gasteiger partial charge in [0.1, 0.15) is 0 Å². The minimum Gasteiger partial charge on any atom is -0.480 e. The van der Waals surface area contributed by atoms with Crippen LogP contribution in [0.25, 0.3) is 0 Å². The van der Waals surface area contributed by atoms with E-state index in [0.717, 1.165) is 19.3 Å². The molecule has 0 heterocycles. The molecule has 1 aliphatic carbocycles.